The number of hydrogen-bond donors (Lipinski definition) is 0. The molecule has 25 valence electrons. The Balaban J connectivity index is 0. The second-order valence-corrected chi connectivity index (χ2v) is 0.964. The Bertz CT molecular complexity index is 14.4. The molecule has 0 bridgehead atoms. The van der Waals surface area contributed by atoms with E-state index in [9.17, 15) is 0 Å². The van der Waals surface area contributed by atoms with Gasteiger partial charge in [0.05, 0.1) is 0 Å². The Labute approximate surface area is 59.4 Å². The third-order valence-corrected chi connectivity index (χ3v) is 0. The minimum Gasteiger partial charge on any atom is -0.359 e. The van der Waals surface area contributed by atoms with Crippen molar-refractivity contribution < 1.29 is 32.7 Å². The van der Waals surface area contributed by atoms with Crippen LogP contribution in [0.4, 0.5) is 0 Å². The standard InChI is InChI=1S/C2H6BN.Y/c1-4(2)3;/h1-2H3;. The van der Waals surface area contributed by atoms with Crippen LogP contribution in [0.3, 0.4) is 0 Å². The van der Waals surface area contributed by atoms with Gasteiger partial charge >= 0.3 is 0 Å². The van der Waals surface area contributed by atoms with Gasteiger partial charge in [-0.2, -0.15) is 0 Å². The van der Waals surface area contributed by atoms with E-state index < -0.39 is 0 Å². The summed E-state index contributed by atoms with van der Waals surface area (Å²) < 4.78 is 0. The smallest absolute Gasteiger partial charge is 0.181 e. The summed E-state index contributed by atoms with van der Waals surface area (Å²) in [6, 6.07) is 0. The van der Waals surface area contributed by atoms with E-state index in [2.05, 4.69) is 0 Å². The molecule has 0 saturated carbocycles. The topological polar surface area (TPSA) is 3.24 Å². The summed E-state index contributed by atoms with van der Waals surface area (Å²) >= 11 is 0. The van der Waals surface area contributed by atoms with Gasteiger partial charge in [0, 0.05) is 32.7 Å². The monoisotopic (exact) mass is 144 g/mol. The predicted octanol–water partition coefficient (Wildman–Crippen LogP) is -0.371. The van der Waals surface area contributed by atoms with Crippen molar-refractivity contribution in [3.63, 3.8) is 0 Å². The number of nitrogens with zero attached hydrogens (tertiary/aromatic N) is 1. The van der Waals surface area contributed by atoms with Gasteiger partial charge in [-0.25, -0.2) is 0 Å². The zero-order chi connectivity index (χ0) is 3.58. The molecule has 1 nitrogen and oxygen atoms in total. The van der Waals surface area contributed by atoms with E-state index in [-0.39, 0.29) is 32.7 Å². The normalized spacial score (nSPS) is 7.00. The average Bonchev–Trinajstić information content (AvgIpc) is 0.811. The van der Waals surface area contributed by atoms with Gasteiger partial charge in [-0.1, -0.05) is 0 Å². The number of rotatable bonds is 0. The molecule has 0 amide bonds. The molecular weight excluding hydrogens is 138 g/mol. The van der Waals surface area contributed by atoms with Crippen LogP contribution in [0.2, 0.25) is 0 Å². The molecule has 0 heterocycles. The largest absolute Gasteiger partial charge is 0.359 e. The molecule has 5 heavy (non-hydrogen) atoms. The molecule has 3 heteroatoms. The third kappa shape index (κ3) is 39.4. The summed E-state index contributed by atoms with van der Waals surface area (Å²) in [5, 5.41) is 0. The van der Waals surface area contributed by atoms with Crippen LogP contribution in [0.1, 0.15) is 0 Å². The molecule has 0 spiro atoms. The third-order valence-electron chi connectivity index (χ3n) is 0. The van der Waals surface area contributed by atoms with Gasteiger partial charge in [0.25, 0.3) is 0 Å². The van der Waals surface area contributed by atoms with E-state index in [1.807, 2.05) is 0 Å². The fourth-order valence-corrected chi connectivity index (χ4v) is 0. The van der Waals surface area contributed by atoms with Crippen molar-refractivity contribution in [2.45, 2.75) is 0 Å². The minimum atomic E-state index is 0. The molecule has 0 aliphatic heterocycles. The Hall–Kier alpha value is 1.13. The van der Waals surface area contributed by atoms with Crippen LogP contribution in [0.15, 0.2) is 0 Å². The van der Waals surface area contributed by atoms with E-state index in [4.69, 9.17) is 7.98 Å². The van der Waals surface area contributed by atoms with Gasteiger partial charge in [0.15, 0.2) is 7.98 Å². The van der Waals surface area contributed by atoms with Crippen LogP contribution < -0.4 is 0 Å². The molecule has 0 aromatic carbocycles. The first-order valence-electron chi connectivity index (χ1n) is 1.15. The Morgan fingerprint density at radius 1 is 1.40 bits per heavy atom. The molecule has 0 aromatic rings. The summed E-state index contributed by atoms with van der Waals surface area (Å²) in [6.07, 6.45) is 0. The Kier molecular flexibility index (Phi) is 9.70. The van der Waals surface area contributed by atoms with Crippen molar-refractivity contribution in [3.8, 4) is 0 Å². The Morgan fingerprint density at radius 3 is 1.40 bits per heavy atom. The van der Waals surface area contributed by atoms with Gasteiger partial charge in [-0.15, -0.1) is 0 Å². The van der Waals surface area contributed by atoms with Crippen molar-refractivity contribution in [3.05, 3.63) is 0 Å². The van der Waals surface area contributed by atoms with E-state index >= 15 is 0 Å². The molecule has 0 fully saturated rings. The van der Waals surface area contributed by atoms with E-state index in [0.29, 0.717) is 0 Å². The minimum absolute atomic E-state index is 0. The van der Waals surface area contributed by atoms with Crippen LogP contribution in [-0.4, -0.2) is 26.9 Å². The summed E-state index contributed by atoms with van der Waals surface area (Å²) in [6.45, 7) is 0. The first kappa shape index (κ1) is 9.46. The average molecular weight is 144 g/mol. The molecular formula is C2H6BNY. The van der Waals surface area contributed by atoms with Gasteiger partial charge in [-0.3, -0.25) is 0 Å². The zero-order valence-corrected chi connectivity index (χ0v) is 6.44. The molecule has 0 aliphatic rings. The molecule has 0 aliphatic carbocycles. The fourth-order valence-electron chi connectivity index (χ4n) is 0. The molecule has 0 saturated heterocycles. The van der Waals surface area contributed by atoms with E-state index in [1.54, 1.807) is 14.1 Å². The van der Waals surface area contributed by atoms with Gasteiger partial charge in [0.1, 0.15) is 0 Å². The summed E-state index contributed by atoms with van der Waals surface area (Å²) in [5.74, 6) is 0. The zero-order valence-electron chi connectivity index (χ0n) is 3.60. The van der Waals surface area contributed by atoms with Gasteiger partial charge in [-0.05, 0) is 14.1 Å². The second-order valence-electron chi connectivity index (χ2n) is 0.964. The Morgan fingerprint density at radius 2 is 1.40 bits per heavy atom. The summed E-state index contributed by atoms with van der Waals surface area (Å²) in [7, 11) is 8.50. The first-order chi connectivity index (χ1) is 1.73. The molecule has 3 radical (unpaired) electrons. The van der Waals surface area contributed by atoms with E-state index in [0.717, 1.165) is 0 Å². The second kappa shape index (κ2) is 5.13. The van der Waals surface area contributed by atoms with Gasteiger partial charge < -0.3 is 4.81 Å². The molecule has 0 rings (SSSR count). The van der Waals surface area contributed by atoms with Crippen molar-refractivity contribution >= 4 is 7.98 Å². The van der Waals surface area contributed by atoms with Crippen LogP contribution in [0, 0.1) is 0 Å². The van der Waals surface area contributed by atoms with Crippen molar-refractivity contribution in [1.82, 2.24) is 4.81 Å². The maximum Gasteiger partial charge on any atom is 0.181 e. The van der Waals surface area contributed by atoms with Crippen LogP contribution in [0.5, 0.6) is 0 Å². The van der Waals surface area contributed by atoms with Crippen LogP contribution >= 0.6 is 0 Å². The summed E-state index contributed by atoms with van der Waals surface area (Å²) in [5.41, 5.74) is 0. The van der Waals surface area contributed by atoms with Crippen molar-refractivity contribution in [1.29, 1.82) is 0 Å². The SMILES string of the molecule is [B]N(C)C.[Y]. The molecule has 0 unspecified atom stereocenters. The molecule has 0 aromatic heterocycles. The summed E-state index contributed by atoms with van der Waals surface area (Å²) in [4.78, 5) is 1.50. The predicted molar refractivity (Wildman–Crippen MR) is 19.4 cm³/mol. The first-order valence-corrected chi connectivity index (χ1v) is 1.15. The fraction of sp³-hybridized carbons (Fsp3) is 1.00. The number of hydrogen-bond acceptors (Lipinski definition) is 1. The van der Waals surface area contributed by atoms with Crippen LogP contribution in [0.25, 0.3) is 0 Å². The quantitative estimate of drug-likeness (QED) is 0.419. The maximum absolute atomic E-state index is 4.94. The molecule has 0 N–H and O–H groups in total. The van der Waals surface area contributed by atoms with Crippen molar-refractivity contribution in [2.75, 3.05) is 14.1 Å². The van der Waals surface area contributed by atoms with Crippen LogP contribution in [-0.2, 0) is 32.7 Å². The van der Waals surface area contributed by atoms with E-state index in [1.165, 1.54) is 4.81 Å². The van der Waals surface area contributed by atoms with Crippen molar-refractivity contribution in [2.24, 2.45) is 0 Å². The van der Waals surface area contributed by atoms with Gasteiger partial charge in [0.2, 0.25) is 0 Å². The molecule has 0 atom stereocenters. The maximum atomic E-state index is 4.94.